The van der Waals surface area contributed by atoms with Gasteiger partial charge in [-0.2, -0.15) is 0 Å². The lowest BCUT2D eigenvalue weighted by atomic mass is 10.1. The molecule has 1 N–H and O–H groups in total. The van der Waals surface area contributed by atoms with Crippen molar-refractivity contribution in [3.8, 4) is 0 Å². The van der Waals surface area contributed by atoms with Gasteiger partial charge >= 0.3 is 0 Å². The second-order valence-electron chi connectivity index (χ2n) is 2.92. The number of aryl methyl sites for hydroxylation is 1. The highest BCUT2D eigenvalue weighted by atomic mass is 19.1. The van der Waals surface area contributed by atoms with Crippen molar-refractivity contribution in [2.75, 3.05) is 6.61 Å². The second kappa shape index (κ2) is 4.77. The molecule has 1 nitrogen and oxygen atoms in total. The maximum Gasteiger partial charge on any atom is 0.126 e. The molecule has 1 aromatic carbocycles. The van der Waals surface area contributed by atoms with Gasteiger partial charge in [0.15, 0.2) is 0 Å². The molecule has 1 aromatic rings. The predicted molar refractivity (Wildman–Crippen MR) is 51.9 cm³/mol. The van der Waals surface area contributed by atoms with Gasteiger partial charge in [-0.25, -0.2) is 4.39 Å². The van der Waals surface area contributed by atoms with E-state index in [2.05, 4.69) is 0 Å². The van der Waals surface area contributed by atoms with Crippen LogP contribution in [0.1, 0.15) is 17.5 Å². The van der Waals surface area contributed by atoms with Crippen LogP contribution < -0.4 is 0 Å². The Morgan fingerprint density at radius 3 is 2.85 bits per heavy atom. The summed E-state index contributed by atoms with van der Waals surface area (Å²) in [5, 5.41) is 8.52. The van der Waals surface area contributed by atoms with Gasteiger partial charge in [0.25, 0.3) is 0 Å². The second-order valence-corrected chi connectivity index (χ2v) is 2.92. The van der Waals surface area contributed by atoms with Crippen molar-refractivity contribution >= 4 is 6.08 Å². The SMILES string of the molecule is Cc1ccc(C=CCCO)cc1F. The first-order valence-corrected chi connectivity index (χ1v) is 4.27. The zero-order valence-electron chi connectivity index (χ0n) is 7.63. The van der Waals surface area contributed by atoms with Gasteiger partial charge in [0, 0.05) is 6.61 Å². The molecule has 0 fully saturated rings. The Kier molecular flexibility index (Phi) is 3.65. The molecule has 0 aliphatic rings. The molecule has 13 heavy (non-hydrogen) atoms. The number of hydrogen-bond donors (Lipinski definition) is 1. The zero-order chi connectivity index (χ0) is 9.68. The van der Waals surface area contributed by atoms with E-state index in [1.165, 1.54) is 6.07 Å². The van der Waals surface area contributed by atoms with Crippen LogP contribution in [0.15, 0.2) is 24.3 Å². The van der Waals surface area contributed by atoms with Crippen molar-refractivity contribution in [1.82, 2.24) is 0 Å². The molecule has 0 aromatic heterocycles. The smallest absolute Gasteiger partial charge is 0.126 e. The van der Waals surface area contributed by atoms with Gasteiger partial charge < -0.3 is 5.11 Å². The highest BCUT2D eigenvalue weighted by Crippen LogP contribution is 2.10. The highest BCUT2D eigenvalue weighted by molar-refractivity contribution is 5.49. The van der Waals surface area contributed by atoms with Crippen molar-refractivity contribution in [3.05, 3.63) is 41.2 Å². The minimum Gasteiger partial charge on any atom is -0.396 e. The summed E-state index contributed by atoms with van der Waals surface area (Å²) >= 11 is 0. The number of halogens is 1. The summed E-state index contributed by atoms with van der Waals surface area (Å²) in [6, 6.07) is 5.09. The highest BCUT2D eigenvalue weighted by Gasteiger charge is 1.95. The Hall–Kier alpha value is -1.15. The molecule has 0 radical (unpaired) electrons. The minimum absolute atomic E-state index is 0.130. The maximum atomic E-state index is 13.0. The first-order chi connectivity index (χ1) is 6.24. The molecule has 2 heteroatoms. The summed E-state index contributed by atoms with van der Waals surface area (Å²) < 4.78 is 13.0. The van der Waals surface area contributed by atoms with Gasteiger partial charge in [-0.15, -0.1) is 0 Å². The third-order valence-electron chi connectivity index (χ3n) is 1.80. The van der Waals surface area contributed by atoms with Crippen LogP contribution in [0, 0.1) is 12.7 Å². The number of benzene rings is 1. The summed E-state index contributed by atoms with van der Waals surface area (Å²) in [5.74, 6) is -0.189. The third-order valence-corrected chi connectivity index (χ3v) is 1.80. The number of aliphatic hydroxyl groups excluding tert-OH is 1. The van der Waals surface area contributed by atoms with E-state index in [4.69, 9.17) is 5.11 Å². The van der Waals surface area contributed by atoms with Crippen LogP contribution in [0.2, 0.25) is 0 Å². The Labute approximate surface area is 77.5 Å². The van der Waals surface area contributed by atoms with Crippen molar-refractivity contribution < 1.29 is 9.50 Å². The quantitative estimate of drug-likeness (QED) is 0.757. The molecular weight excluding hydrogens is 167 g/mol. The van der Waals surface area contributed by atoms with Crippen LogP contribution in [0.4, 0.5) is 4.39 Å². The zero-order valence-corrected chi connectivity index (χ0v) is 7.63. The van der Waals surface area contributed by atoms with Gasteiger partial charge in [0.2, 0.25) is 0 Å². The number of aliphatic hydroxyl groups is 1. The summed E-state index contributed by atoms with van der Waals surface area (Å²) in [6.07, 6.45) is 4.23. The van der Waals surface area contributed by atoms with Gasteiger partial charge in [-0.05, 0) is 30.5 Å². The normalized spacial score (nSPS) is 11.0. The molecule has 0 heterocycles. The lowest BCUT2D eigenvalue weighted by molar-refractivity contribution is 0.303. The van der Waals surface area contributed by atoms with Crippen LogP contribution in [0.25, 0.3) is 6.08 Å². The van der Waals surface area contributed by atoms with E-state index in [1.807, 2.05) is 12.1 Å². The third kappa shape index (κ3) is 2.99. The molecule has 0 aliphatic carbocycles. The summed E-state index contributed by atoms with van der Waals surface area (Å²) in [7, 11) is 0. The molecule has 0 atom stereocenters. The summed E-state index contributed by atoms with van der Waals surface area (Å²) in [4.78, 5) is 0. The van der Waals surface area contributed by atoms with Crippen molar-refractivity contribution in [3.63, 3.8) is 0 Å². The van der Waals surface area contributed by atoms with E-state index in [9.17, 15) is 4.39 Å². The molecule has 0 aliphatic heterocycles. The lowest BCUT2D eigenvalue weighted by Crippen LogP contribution is -1.82. The summed E-state index contributed by atoms with van der Waals surface area (Å²) in [6.45, 7) is 1.86. The van der Waals surface area contributed by atoms with Gasteiger partial charge in [-0.3, -0.25) is 0 Å². The molecule has 0 saturated carbocycles. The topological polar surface area (TPSA) is 20.2 Å². The first kappa shape index (κ1) is 9.93. The predicted octanol–water partition coefficient (Wildman–Crippen LogP) is 2.53. The van der Waals surface area contributed by atoms with Crippen molar-refractivity contribution in [2.24, 2.45) is 0 Å². The molecule has 1 rings (SSSR count). The van der Waals surface area contributed by atoms with E-state index < -0.39 is 0 Å². The molecule has 0 spiro atoms. The fraction of sp³-hybridized carbons (Fsp3) is 0.273. The number of hydrogen-bond acceptors (Lipinski definition) is 1. The van der Waals surface area contributed by atoms with E-state index in [0.29, 0.717) is 12.0 Å². The summed E-state index contributed by atoms with van der Waals surface area (Å²) in [5.41, 5.74) is 1.48. The monoisotopic (exact) mass is 180 g/mol. The van der Waals surface area contributed by atoms with Gasteiger partial charge in [-0.1, -0.05) is 24.3 Å². The molecule has 0 bridgehead atoms. The van der Waals surface area contributed by atoms with Gasteiger partial charge in [0.05, 0.1) is 0 Å². The average Bonchev–Trinajstić information content (AvgIpc) is 2.12. The van der Waals surface area contributed by atoms with Crippen LogP contribution in [-0.2, 0) is 0 Å². The molecule has 0 amide bonds. The fourth-order valence-corrected chi connectivity index (χ4v) is 1.01. The van der Waals surface area contributed by atoms with E-state index in [0.717, 1.165) is 5.56 Å². The minimum atomic E-state index is -0.189. The van der Waals surface area contributed by atoms with Crippen LogP contribution in [-0.4, -0.2) is 11.7 Å². The van der Waals surface area contributed by atoms with E-state index in [-0.39, 0.29) is 12.4 Å². The molecular formula is C11H13FO. The van der Waals surface area contributed by atoms with Gasteiger partial charge in [0.1, 0.15) is 5.82 Å². The Morgan fingerprint density at radius 1 is 1.46 bits per heavy atom. The lowest BCUT2D eigenvalue weighted by Gasteiger charge is -1.97. The van der Waals surface area contributed by atoms with Crippen molar-refractivity contribution in [1.29, 1.82) is 0 Å². The van der Waals surface area contributed by atoms with Crippen LogP contribution in [0.5, 0.6) is 0 Å². The largest absolute Gasteiger partial charge is 0.396 e. The average molecular weight is 180 g/mol. The Morgan fingerprint density at radius 2 is 2.23 bits per heavy atom. The molecule has 70 valence electrons. The number of rotatable bonds is 3. The van der Waals surface area contributed by atoms with E-state index >= 15 is 0 Å². The molecule has 0 saturated heterocycles. The Bertz CT molecular complexity index is 305. The van der Waals surface area contributed by atoms with E-state index in [1.54, 1.807) is 19.1 Å². The standard InChI is InChI=1S/C11H13FO/c1-9-5-6-10(8-11(9)12)4-2-3-7-13/h2,4-6,8,13H,3,7H2,1H3. The maximum absolute atomic E-state index is 13.0. The van der Waals surface area contributed by atoms with Crippen LogP contribution in [0.3, 0.4) is 0 Å². The fourth-order valence-electron chi connectivity index (χ4n) is 1.01. The Balaban J connectivity index is 2.73. The molecule has 0 unspecified atom stereocenters. The van der Waals surface area contributed by atoms with Crippen molar-refractivity contribution in [2.45, 2.75) is 13.3 Å². The first-order valence-electron chi connectivity index (χ1n) is 4.27. The van der Waals surface area contributed by atoms with Crippen LogP contribution >= 0.6 is 0 Å².